The molecule has 12 heavy (non-hydrogen) atoms. The highest BCUT2D eigenvalue weighted by molar-refractivity contribution is 7.97. The average Bonchev–Trinajstić information content (AvgIpc) is 2.15. The van der Waals surface area contributed by atoms with E-state index < -0.39 is 0 Å². The van der Waals surface area contributed by atoms with Crippen molar-refractivity contribution in [2.24, 2.45) is 5.14 Å². The summed E-state index contributed by atoms with van der Waals surface area (Å²) >= 11 is 1.24. The predicted octanol–water partition coefficient (Wildman–Crippen LogP) is 2.39. The van der Waals surface area contributed by atoms with Gasteiger partial charge in [0.2, 0.25) is 0 Å². The molecule has 0 aliphatic carbocycles. The third-order valence-corrected chi connectivity index (χ3v) is 2.23. The Morgan fingerprint density at radius 2 is 2.33 bits per heavy atom. The van der Waals surface area contributed by atoms with E-state index in [0.717, 1.165) is 17.0 Å². The van der Waals surface area contributed by atoms with Crippen molar-refractivity contribution >= 4 is 11.9 Å². The number of rotatable bonds is 4. The number of hydrogen-bond acceptors (Lipinski definition) is 3. The molecule has 0 radical (unpaired) electrons. The van der Waals surface area contributed by atoms with Gasteiger partial charge in [-0.1, -0.05) is 13.3 Å². The molecule has 0 bridgehead atoms. The van der Waals surface area contributed by atoms with Crippen molar-refractivity contribution in [1.29, 1.82) is 0 Å². The topological polar surface area (TPSA) is 38.9 Å². The second-order valence-electron chi connectivity index (χ2n) is 2.71. The fourth-order valence-corrected chi connectivity index (χ4v) is 1.25. The Kier molecular flexibility index (Phi) is 4.11. The van der Waals surface area contributed by atoms with Gasteiger partial charge in [0.15, 0.2) is 0 Å². The van der Waals surface area contributed by atoms with E-state index in [9.17, 15) is 0 Å². The Balaban J connectivity index is 2.53. The molecule has 0 unspecified atom stereocenters. The predicted molar refractivity (Wildman–Crippen MR) is 52.9 cm³/mol. The van der Waals surface area contributed by atoms with E-state index in [2.05, 4.69) is 11.9 Å². The quantitative estimate of drug-likeness (QED) is 0.727. The minimum Gasteiger partial charge on any atom is -0.274 e. The van der Waals surface area contributed by atoms with Crippen LogP contribution in [0.5, 0.6) is 0 Å². The van der Waals surface area contributed by atoms with Crippen molar-refractivity contribution in [2.45, 2.75) is 31.1 Å². The molecule has 0 saturated carbocycles. The van der Waals surface area contributed by atoms with Crippen molar-refractivity contribution in [3.63, 3.8) is 0 Å². The number of aryl methyl sites for hydroxylation is 1. The van der Waals surface area contributed by atoms with Gasteiger partial charge in [0.25, 0.3) is 0 Å². The Labute approximate surface area is 77.7 Å². The lowest BCUT2D eigenvalue weighted by Gasteiger charge is -1.99. The summed E-state index contributed by atoms with van der Waals surface area (Å²) in [4.78, 5) is 5.31. The Hall–Kier alpha value is -0.540. The minimum absolute atomic E-state index is 1.02. The van der Waals surface area contributed by atoms with Gasteiger partial charge in [0.05, 0.1) is 0 Å². The average molecular weight is 182 g/mol. The Bertz CT molecular complexity index is 220. The smallest absolute Gasteiger partial charge is 0.0420 e. The highest BCUT2D eigenvalue weighted by Crippen LogP contribution is 2.10. The van der Waals surface area contributed by atoms with Crippen molar-refractivity contribution in [1.82, 2.24) is 4.98 Å². The highest BCUT2D eigenvalue weighted by atomic mass is 32.2. The summed E-state index contributed by atoms with van der Waals surface area (Å²) in [5.74, 6) is 0. The number of unbranched alkanes of at least 4 members (excludes halogenated alkanes) is 1. The molecule has 2 N–H and O–H groups in total. The highest BCUT2D eigenvalue weighted by Gasteiger charge is 1.94. The largest absolute Gasteiger partial charge is 0.274 e. The zero-order chi connectivity index (χ0) is 8.81. The first-order valence-corrected chi connectivity index (χ1v) is 5.06. The molecule has 0 aromatic carbocycles. The van der Waals surface area contributed by atoms with Gasteiger partial charge in [-0.05, 0) is 36.9 Å². The standard InChI is InChI=1S/C9H14N2S/c1-2-3-4-8-5-6-9(12-10)7-11-8/h5-7H,2-4,10H2,1H3. The van der Waals surface area contributed by atoms with Gasteiger partial charge in [0, 0.05) is 16.8 Å². The first kappa shape index (κ1) is 9.55. The molecule has 0 saturated heterocycles. The lowest BCUT2D eigenvalue weighted by Crippen LogP contribution is -1.90. The summed E-state index contributed by atoms with van der Waals surface area (Å²) in [7, 11) is 0. The summed E-state index contributed by atoms with van der Waals surface area (Å²) in [5, 5.41) is 5.38. The van der Waals surface area contributed by atoms with Gasteiger partial charge >= 0.3 is 0 Å². The normalized spacial score (nSPS) is 10.2. The van der Waals surface area contributed by atoms with Gasteiger partial charge in [-0.15, -0.1) is 0 Å². The molecule has 1 rings (SSSR count). The number of nitrogens with two attached hydrogens (primary N) is 1. The Morgan fingerprint density at radius 3 is 2.83 bits per heavy atom. The molecule has 3 heteroatoms. The van der Waals surface area contributed by atoms with E-state index in [1.807, 2.05) is 18.3 Å². The van der Waals surface area contributed by atoms with Gasteiger partial charge in [-0.3, -0.25) is 10.1 Å². The maximum atomic E-state index is 5.38. The van der Waals surface area contributed by atoms with Crippen molar-refractivity contribution in [2.75, 3.05) is 0 Å². The molecule has 0 spiro atoms. The zero-order valence-corrected chi connectivity index (χ0v) is 8.10. The maximum absolute atomic E-state index is 5.38. The first-order chi connectivity index (χ1) is 5.86. The van der Waals surface area contributed by atoms with E-state index in [-0.39, 0.29) is 0 Å². The molecule has 1 aromatic heterocycles. The monoisotopic (exact) mass is 182 g/mol. The SMILES string of the molecule is CCCCc1ccc(SN)cn1. The van der Waals surface area contributed by atoms with Crippen LogP contribution in [-0.2, 0) is 6.42 Å². The van der Waals surface area contributed by atoms with Gasteiger partial charge in [0.1, 0.15) is 0 Å². The van der Waals surface area contributed by atoms with Crippen LogP contribution in [-0.4, -0.2) is 4.98 Å². The molecule has 1 heterocycles. The third kappa shape index (κ3) is 2.83. The van der Waals surface area contributed by atoms with Crippen LogP contribution in [0.15, 0.2) is 23.2 Å². The van der Waals surface area contributed by atoms with Crippen LogP contribution >= 0.6 is 11.9 Å². The number of pyridine rings is 1. The molecule has 0 aliphatic heterocycles. The van der Waals surface area contributed by atoms with Crippen molar-refractivity contribution in [3.8, 4) is 0 Å². The molecule has 0 aliphatic rings. The van der Waals surface area contributed by atoms with Crippen molar-refractivity contribution in [3.05, 3.63) is 24.0 Å². The summed E-state index contributed by atoms with van der Waals surface area (Å²) in [6, 6.07) is 4.06. The number of hydrogen-bond donors (Lipinski definition) is 1. The molecule has 1 aromatic rings. The van der Waals surface area contributed by atoms with Crippen LogP contribution < -0.4 is 5.14 Å². The minimum atomic E-state index is 1.02. The summed E-state index contributed by atoms with van der Waals surface area (Å²) in [6.45, 7) is 2.18. The van der Waals surface area contributed by atoms with Gasteiger partial charge in [-0.25, -0.2) is 0 Å². The molecule has 0 fully saturated rings. The summed E-state index contributed by atoms with van der Waals surface area (Å²) in [5.41, 5.74) is 1.16. The van der Waals surface area contributed by atoms with E-state index >= 15 is 0 Å². The molecule has 0 atom stereocenters. The lowest BCUT2D eigenvalue weighted by molar-refractivity contribution is 0.775. The molecule has 2 nitrogen and oxygen atoms in total. The van der Waals surface area contributed by atoms with E-state index in [0.29, 0.717) is 0 Å². The molecular formula is C9H14N2S. The fourth-order valence-electron chi connectivity index (χ4n) is 0.986. The van der Waals surface area contributed by atoms with Gasteiger partial charge < -0.3 is 0 Å². The second kappa shape index (κ2) is 5.17. The zero-order valence-electron chi connectivity index (χ0n) is 7.29. The number of aromatic nitrogens is 1. The summed E-state index contributed by atoms with van der Waals surface area (Å²) in [6.07, 6.45) is 5.33. The lowest BCUT2D eigenvalue weighted by atomic mass is 10.2. The summed E-state index contributed by atoms with van der Waals surface area (Å²) < 4.78 is 0. The van der Waals surface area contributed by atoms with Crippen LogP contribution in [0, 0.1) is 0 Å². The van der Waals surface area contributed by atoms with Crippen LogP contribution in [0.3, 0.4) is 0 Å². The molecular weight excluding hydrogens is 168 g/mol. The molecule has 0 amide bonds. The van der Waals surface area contributed by atoms with Crippen LogP contribution in [0.2, 0.25) is 0 Å². The van der Waals surface area contributed by atoms with E-state index in [4.69, 9.17) is 5.14 Å². The third-order valence-electron chi connectivity index (χ3n) is 1.72. The fraction of sp³-hybridized carbons (Fsp3) is 0.444. The first-order valence-electron chi connectivity index (χ1n) is 4.18. The van der Waals surface area contributed by atoms with Crippen molar-refractivity contribution < 1.29 is 0 Å². The van der Waals surface area contributed by atoms with Crippen LogP contribution in [0.1, 0.15) is 25.5 Å². The van der Waals surface area contributed by atoms with Gasteiger partial charge in [-0.2, -0.15) is 0 Å². The number of nitrogens with zero attached hydrogens (tertiary/aromatic N) is 1. The van der Waals surface area contributed by atoms with Crippen LogP contribution in [0.4, 0.5) is 0 Å². The van der Waals surface area contributed by atoms with E-state index in [1.54, 1.807) is 0 Å². The Morgan fingerprint density at radius 1 is 1.50 bits per heavy atom. The maximum Gasteiger partial charge on any atom is 0.0420 e. The van der Waals surface area contributed by atoms with Crippen LogP contribution in [0.25, 0.3) is 0 Å². The second-order valence-corrected chi connectivity index (χ2v) is 3.41. The van der Waals surface area contributed by atoms with E-state index in [1.165, 1.54) is 24.8 Å². The molecule has 66 valence electrons.